The molecule has 17 heavy (non-hydrogen) atoms. The summed E-state index contributed by atoms with van der Waals surface area (Å²) in [6.07, 6.45) is -3.20. The fourth-order valence-corrected chi connectivity index (χ4v) is 1.43. The lowest BCUT2D eigenvalue weighted by Crippen LogP contribution is -2.35. The van der Waals surface area contributed by atoms with Gasteiger partial charge in [-0.15, -0.1) is 0 Å². The molecule has 98 valence electrons. The lowest BCUT2D eigenvalue weighted by Gasteiger charge is -2.21. The van der Waals surface area contributed by atoms with E-state index in [0.717, 1.165) is 5.69 Å². The summed E-state index contributed by atoms with van der Waals surface area (Å²) in [5.41, 5.74) is 0.836. The molecule has 1 aromatic heterocycles. The van der Waals surface area contributed by atoms with E-state index in [1.165, 1.54) is 0 Å². The van der Waals surface area contributed by atoms with Gasteiger partial charge in [-0.2, -0.15) is 13.2 Å². The second-order valence-corrected chi connectivity index (χ2v) is 5.16. The normalized spacial score (nSPS) is 13.1. The molecule has 0 atom stereocenters. The first kappa shape index (κ1) is 14.1. The van der Waals surface area contributed by atoms with E-state index in [1.54, 1.807) is 16.8 Å². The topological polar surface area (TPSA) is 17.0 Å². The van der Waals surface area contributed by atoms with Crippen molar-refractivity contribution in [3.05, 3.63) is 24.0 Å². The third-order valence-electron chi connectivity index (χ3n) is 2.36. The van der Waals surface area contributed by atoms with Gasteiger partial charge in [-0.25, -0.2) is 0 Å². The van der Waals surface area contributed by atoms with E-state index in [1.807, 2.05) is 26.8 Å². The molecule has 1 aromatic rings. The van der Waals surface area contributed by atoms with E-state index in [9.17, 15) is 13.2 Å². The van der Waals surface area contributed by atoms with Gasteiger partial charge in [0.05, 0.1) is 6.42 Å². The molecule has 0 saturated carbocycles. The van der Waals surface area contributed by atoms with Gasteiger partial charge in [0, 0.05) is 30.5 Å². The van der Waals surface area contributed by atoms with Crippen LogP contribution >= 0.6 is 0 Å². The maximum absolute atomic E-state index is 12.1. The highest BCUT2D eigenvalue weighted by Gasteiger charge is 2.26. The van der Waals surface area contributed by atoms with Crippen LogP contribution < -0.4 is 5.32 Å². The number of hydrogen-bond acceptors (Lipinski definition) is 1. The number of nitrogens with zero attached hydrogens (tertiary/aromatic N) is 1. The Labute approximate surface area is 99.8 Å². The Morgan fingerprint density at radius 3 is 2.41 bits per heavy atom. The third kappa shape index (κ3) is 5.77. The zero-order valence-corrected chi connectivity index (χ0v) is 10.4. The van der Waals surface area contributed by atoms with E-state index < -0.39 is 12.6 Å². The molecule has 2 nitrogen and oxygen atoms in total. The summed E-state index contributed by atoms with van der Waals surface area (Å²) in [4.78, 5) is 0. The van der Waals surface area contributed by atoms with Gasteiger partial charge in [-0.05, 0) is 32.9 Å². The molecule has 0 saturated heterocycles. The summed E-state index contributed by atoms with van der Waals surface area (Å²) in [5.74, 6) is 0. The van der Waals surface area contributed by atoms with Gasteiger partial charge in [0.25, 0.3) is 0 Å². The van der Waals surface area contributed by atoms with E-state index in [0.29, 0.717) is 6.54 Å². The zero-order valence-electron chi connectivity index (χ0n) is 10.4. The Hall–Kier alpha value is -0.970. The number of aromatic nitrogens is 1. The third-order valence-corrected chi connectivity index (χ3v) is 2.36. The van der Waals surface area contributed by atoms with E-state index in [2.05, 4.69) is 5.32 Å². The largest absolute Gasteiger partial charge is 0.390 e. The van der Waals surface area contributed by atoms with E-state index in [4.69, 9.17) is 0 Å². The Morgan fingerprint density at radius 2 is 1.88 bits per heavy atom. The van der Waals surface area contributed by atoms with Crippen LogP contribution in [0, 0.1) is 0 Å². The second kappa shape index (κ2) is 5.12. The highest BCUT2D eigenvalue weighted by Crippen LogP contribution is 2.21. The molecule has 1 rings (SSSR count). The van der Waals surface area contributed by atoms with Gasteiger partial charge >= 0.3 is 6.18 Å². The highest BCUT2D eigenvalue weighted by molar-refractivity contribution is 5.07. The molecule has 0 fully saturated rings. The molecule has 0 spiro atoms. The van der Waals surface area contributed by atoms with E-state index in [-0.39, 0.29) is 12.1 Å². The summed E-state index contributed by atoms with van der Waals surface area (Å²) < 4.78 is 38.0. The number of nitrogens with one attached hydrogen (secondary N) is 1. The number of hydrogen-bond donors (Lipinski definition) is 1. The number of alkyl halides is 3. The molecule has 0 unspecified atom stereocenters. The number of rotatable bonds is 4. The van der Waals surface area contributed by atoms with Crippen molar-refractivity contribution in [3.63, 3.8) is 0 Å². The molecule has 0 aliphatic heterocycles. The Balaban J connectivity index is 2.54. The van der Waals surface area contributed by atoms with Crippen LogP contribution in [0.2, 0.25) is 0 Å². The first-order chi connectivity index (χ1) is 7.67. The van der Waals surface area contributed by atoms with Crippen LogP contribution in [-0.4, -0.2) is 16.3 Å². The predicted octanol–water partition coefficient (Wildman–Crippen LogP) is 3.33. The second-order valence-electron chi connectivity index (χ2n) is 5.16. The Morgan fingerprint density at radius 1 is 1.24 bits per heavy atom. The summed E-state index contributed by atoms with van der Waals surface area (Å²) in [6.45, 7) is 6.63. The van der Waals surface area contributed by atoms with Crippen molar-refractivity contribution in [2.45, 2.75) is 52.0 Å². The highest BCUT2D eigenvalue weighted by atomic mass is 19.4. The van der Waals surface area contributed by atoms with Crippen LogP contribution in [-0.2, 0) is 13.1 Å². The molecule has 5 heteroatoms. The summed E-state index contributed by atoms with van der Waals surface area (Å²) in [6, 6.07) is 3.62. The zero-order chi connectivity index (χ0) is 13.1. The summed E-state index contributed by atoms with van der Waals surface area (Å²) >= 11 is 0. The SMILES string of the molecule is CC(C)(C)NCc1cccn1CCC(F)(F)F. The molecule has 0 radical (unpaired) electrons. The van der Waals surface area contributed by atoms with Crippen molar-refractivity contribution in [3.8, 4) is 0 Å². The molecule has 0 aromatic carbocycles. The average molecular weight is 248 g/mol. The predicted molar refractivity (Wildman–Crippen MR) is 61.7 cm³/mol. The fraction of sp³-hybridized carbons (Fsp3) is 0.667. The lowest BCUT2D eigenvalue weighted by atomic mass is 10.1. The summed E-state index contributed by atoms with van der Waals surface area (Å²) in [5, 5.41) is 3.26. The van der Waals surface area contributed by atoms with Crippen LogP contribution in [0.1, 0.15) is 32.9 Å². The molecule has 0 amide bonds. The van der Waals surface area contributed by atoms with Crippen LogP contribution in [0.3, 0.4) is 0 Å². The molecule has 0 bridgehead atoms. The smallest absolute Gasteiger partial charge is 0.350 e. The van der Waals surface area contributed by atoms with Gasteiger partial charge in [0.2, 0.25) is 0 Å². The molecule has 0 aliphatic rings. The van der Waals surface area contributed by atoms with Gasteiger partial charge in [0.15, 0.2) is 0 Å². The van der Waals surface area contributed by atoms with Crippen molar-refractivity contribution in [2.75, 3.05) is 0 Å². The first-order valence-electron chi connectivity index (χ1n) is 5.63. The number of aryl methyl sites for hydroxylation is 1. The van der Waals surface area contributed by atoms with Crippen molar-refractivity contribution < 1.29 is 13.2 Å². The fourth-order valence-electron chi connectivity index (χ4n) is 1.43. The monoisotopic (exact) mass is 248 g/mol. The minimum atomic E-state index is -4.10. The lowest BCUT2D eigenvalue weighted by molar-refractivity contribution is -0.136. The van der Waals surface area contributed by atoms with Crippen LogP contribution in [0.25, 0.3) is 0 Å². The van der Waals surface area contributed by atoms with Gasteiger partial charge < -0.3 is 9.88 Å². The van der Waals surface area contributed by atoms with Crippen molar-refractivity contribution in [1.82, 2.24) is 9.88 Å². The molecular weight excluding hydrogens is 229 g/mol. The summed E-state index contributed by atoms with van der Waals surface area (Å²) in [7, 11) is 0. The molecule has 1 heterocycles. The van der Waals surface area contributed by atoms with E-state index >= 15 is 0 Å². The maximum atomic E-state index is 12.1. The van der Waals surface area contributed by atoms with Gasteiger partial charge in [-0.1, -0.05) is 0 Å². The quantitative estimate of drug-likeness (QED) is 0.864. The van der Waals surface area contributed by atoms with Crippen molar-refractivity contribution in [2.24, 2.45) is 0 Å². The Bertz CT molecular complexity index is 315. The van der Waals surface area contributed by atoms with Gasteiger partial charge in [-0.3, -0.25) is 0 Å². The molecule has 0 aliphatic carbocycles. The van der Waals surface area contributed by atoms with Crippen LogP contribution in [0.5, 0.6) is 0 Å². The number of halogens is 3. The van der Waals surface area contributed by atoms with Crippen LogP contribution in [0.4, 0.5) is 13.2 Å². The molecule has 1 N–H and O–H groups in total. The van der Waals surface area contributed by atoms with Crippen molar-refractivity contribution >= 4 is 0 Å². The molecular formula is C12H19F3N2. The van der Waals surface area contributed by atoms with Crippen molar-refractivity contribution in [1.29, 1.82) is 0 Å². The van der Waals surface area contributed by atoms with Gasteiger partial charge in [0.1, 0.15) is 0 Å². The maximum Gasteiger partial charge on any atom is 0.390 e. The Kier molecular flexibility index (Phi) is 4.25. The van der Waals surface area contributed by atoms with Crippen LogP contribution in [0.15, 0.2) is 18.3 Å². The minimum absolute atomic E-state index is 0.0162. The first-order valence-corrected chi connectivity index (χ1v) is 5.63. The average Bonchev–Trinajstić information content (AvgIpc) is 2.56. The minimum Gasteiger partial charge on any atom is -0.350 e. The standard InChI is InChI=1S/C12H19F3N2/c1-11(2,3)16-9-10-5-4-7-17(10)8-6-12(13,14)15/h4-5,7,16H,6,8-9H2,1-3H3.